The maximum atomic E-state index is 12.8. The summed E-state index contributed by atoms with van der Waals surface area (Å²) in [7, 11) is -5.83. The van der Waals surface area contributed by atoms with Gasteiger partial charge in [0, 0.05) is 34.4 Å². The van der Waals surface area contributed by atoms with E-state index in [0.29, 0.717) is 46.8 Å². The van der Waals surface area contributed by atoms with E-state index in [0.717, 1.165) is 46.9 Å². The second kappa shape index (κ2) is 24.8. The van der Waals surface area contributed by atoms with Crippen LogP contribution in [0.15, 0.2) is 81.2 Å². The predicted molar refractivity (Wildman–Crippen MR) is 241 cm³/mol. The third kappa shape index (κ3) is 16.3. The van der Waals surface area contributed by atoms with Crippen molar-refractivity contribution in [3.05, 3.63) is 83.9 Å². The van der Waals surface area contributed by atoms with Crippen LogP contribution in [-0.4, -0.2) is 108 Å². The second-order valence-electron chi connectivity index (χ2n) is 14.6. The molecule has 4 heterocycles. The number of carbonyl (C=O) groups excluding carboxylic acids is 2. The quantitative estimate of drug-likeness (QED) is 0.0665. The summed E-state index contributed by atoms with van der Waals surface area (Å²) in [5.74, 6) is -3.43. The first-order valence-electron chi connectivity index (χ1n) is 19.6. The summed E-state index contributed by atoms with van der Waals surface area (Å²) in [4.78, 5) is 46.7. The highest BCUT2D eigenvalue weighted by atomic mass is 35.5. The molecule has 376 valence electrons. The molecule has 2 saturated heterocycles. The summed E-state index contributed by atoms with van der Waals surface area (Å²) in [5.41, 5.74) is -1.54. The van der Waals surface area contributed by atoms with Crippen molar-refractivity contribution in [3.8, 4) is 20.9 Å². The van der Waals surface area contributed by atoms with E-state index in [2.05, 4.69) is 35.8 Å². The van der Waals surface area contributed by atoms with Gasteiger partial charge in [-0.15, -0.1) is 35.1 Å². The number of sulfonamides is 2. The van der Waals surface area contributed by atoms with Crippen LogP contribution in [0, 0.1) is 11.8 Å². The van der Waals surface area contributed by atoms with Gasteiger partial charge in [-0.2, -0.15) is 35.8 Å². The Morgan fingerprint density at radius 3 is 1.32 bits per heavy atom. The number of hydrogen-bond donors (Lipinski definition) is 5. The Balaban J connectivity index is 0.000000325. The Labute approximate surface area is 405 Å². The summed E-state index contributed by atoms with van der Waals surface area (Å²) in [6.45, 7) is 1.71. The summed E-state index contributed by atoms with van der Waals surface area (Å²) in [6.07, 6.45) is -7.83. The van der Waals surface area contributed by atoms with Crippen LogP contribution in [0.25, 0.3) is 20.9 Å². The Kier molecular flexibility index (Phi) is 21.1. The number of likely N-dealkylation sites (tertiary alicyclic amines) is 1. The van der Waals surface area contributed by atoms with Gasteiger partial charge in [0.25, 0.3) is 20.0 Å². The maximum Gasteiger partial charge on any atom is 0.416 e. The van der Waals surface area contributed by atoms with Gasteiger partial charge in [0.1, 0.15) is 20.5 Å². The standard InChI is InChI=1S/C20H21F3N2O6S2.C18H19F3N2O4S2.C2H3ClO2.ClH/c1-31-19(28)25-10-8-13(9-11-25)17(18(26)27)24-33(29,30)16-7-6-15(32-16)12-2-4-14(5-3-12)20(21,22)23;19-18(20,21)13-3-1-11(2-4-13)14-5-6-15(28-14)29(26,27)23-16(17(24)25)12-7-9-22-10-8-12;1-5-2(3)4;/h2-7,13,17,24H,8-11H2,1H3,(H,26,27);1-6,12,16,22-23H,7-10H2,(H,24,25);1H3;1H/t17-;16-;;/m11../s1. The SMILES string of the molecule is COC(=O)Cl.COC(=O)N1CCC([C@@H](NS(=O)(=O)c2ccc(-c3ccc(C(F)(F)F)cc3)s2)C(=O)O)CC1.Cl.O=C(O)[C@H](NS(=O)(=O)c1ccc(-c2ccc(C(F)(F)F)cc2)s1)C1CCNCC1. The molecule has 6 rings (SSSR count). The number of methoxy groups -OCH3 is 2. The fourth-order valence-electron chi connectivity index (χ4n) is 6.76. The fraction of sp³-hybridized carbons (Fsp3) is 0.400. The number of aliphatic carboxylic acids is 2. The van der Waals surface area contributed by atoms with E-state index in [1.165, 1.54) is 67.7 Å². The van der Waals surface area contributed by atoms with Crippen LogP contribution < -0.4 is 14.8 Å². The molecule has 0 aliphatic carbocycles. The lowest BCUT2D eigenvalue weighted by Gasteiger charge is -2.33. The first-order chi connectivity index (χ1) is 31.3. The zero-order chi connectivity index (χ0) is 49.9. The van der Waals surface area contributed by atoms with Gasteiger partial charge in [0.15, 0.2) is 0 Å². The monoisotopic (exact) mass is 1080 g/mol. The molecule has 16 nitrogen and oxygen atoms in total. The summed E-state index contributed by atoms with van der Waals surface area (Å²) in [6, 6.07) is 11.6. The van der Waals surface area contributed by atoms with Crippen molar-refractivity contribution in [2.75, 3.05) is 40.4 Å². The van der Waals surface area contributed by atoms with Crippen LogP contribution in [0.3, 0.4) is 0 Å². The summed E-state index contributed by atoms with van der Waals surface area (Å²) < 4.78 is 140. The Hall–Kier alpha value is -4.54. The number of ether oxygens (including phenoxy) is 2. The second-order valence-corrected chi connectivity index (χ2v) is 20.9. The molecule has 0 saturated carbocycles. The maximum absolute atomic E-state index is 12.8. The molecule has 0 unspecified atom stereocenters. The average molecular weight is 1090 g/mol. The first kappa shape index (κ1) is 57.8. The predicted octanol–water partition coefficient (Wildman–Crippen LogP) is 8.22. The molecular weight excluding hydrogens is 1040 g/mol. The van der Waals surface area contributed by atoms with Crippen LogP contribution in [0.5, 0.6) is 0 Å². The lowest BCUT2D eigenvalue weighted by molar-refractivity contribution is -0.141. The number of carboxylic acid groups (broad SMARTS) is 2. The molecule has 0 spiro atoms. The summed E-state index contributed by atoms with van der Waals surface area (Å²) >= 11 is 6.29. The first-order valence-corrected chi connectivity index (χ1v) is 24.6. The molecule has 1 amide bonds. The van der Waals surface area contributed by atoms with E-state index < -0.39 is 85.0 Å². The minimum absolute atomic E-state index is 0. The number of carboxylic acids is 2. The van der Waals surface area contributed by atoms with Crippen LogP contribution >= 0.6 is 46.7 Å². The van der Waals surface area contributed by atoms with Crippen LogP contribution in [0.1, 0.15) is 36.8 Å². The van der Waals surface area contributed by atoms with Gasteiger partial charge < -0.3 is 29.9 Å². The molecule has 5 N–H and O–H groups in total. The number of halogens is 8. The van der Waals surface area contributed by atoms with Gasteiger partial charge in [-0.25, -0.2) is 26.4 Å². The van der Waals surface area contributed by atoms with Gasteiger partial charge in [0.2, 0.25) is 0 Å². The highest BCUT2D eigenvalue weighted by Crippen LogP contribution is 2.36. The van der Waals surface area contributed by atoms with Crippen LogP contribution in [0.2, 0.25) is 0 Å². The van der Waals surface area contributed by atoms with Gasteiger partial charge in [-0.3, -0.25) is 9.59 Å². The Morgan fingerprint density at radius 1 is 0.662 bits per heavy atom. The molecule has 2 aliphatic rings. The Bertz CT molecular complexity index is 2550. The molecule has 28 heteroatoms. The van der Waals surface area contributed by atoms with Crippen molar-refractivity contribution in [1.29, 1.82) is 0 Å². The number of nitrogens with zero attached hydrogens (tertiary/aromatic N) is 1. The third-order valence-corrected chi connectivity index (χ3v) is 16.5. The van der Waals surface area contributed by atoms with E-state index in [1.807, 2.05) is 0 Å². The van der Waals surface area contributed by atoms with Crippen LogP contribution in [0.4, 0.5) is 35.9 Å². The highest BCUT2D eigenvalue weighted by Gasteiger charge is 2.38. The minimum Gasteiger partial charge on any atom is -0.480 e. The average Bonchev–Trinajstić information content (AvgIpc) is 4.00. The lowest BCUT2D eigenvalue weighted by Crippen LogP contribution is -2.50. The van der Waals surface area contributed by atoms with Gasteiger partial charge >= 0.3 is 35.8 Å². The molecule has 2 aromatic heterocycles. The van der Waals surface area contributed by atoms with Crippen molar-refractivity contribution in [2.24, 2.45) is 11.8 Å². The number of alkyl halides is 6. The summed E-state index contributed by atoms with van der Waals surface area (Å²) in [5, 5.41) is 22.2. The van der Waals surface area contributed by atoms with Crippen molar-refractivity contribution in [3.63, 3.8) is 0 Å². The minimum atomic E-state index is -4.48. The molecular formula is C40H44Cl2F6N4O12S4. The molecule has 2 aliphatic heterocycles. The number of piperidine rings is 2. The van der Waals surface area contributed by atoms with Gasteiger partial charge in [-0.05, 0) is 110 Å². The number of nitrogens with one attached hydrogen (secondary N) is 3. The normalized spacial score (nSPS) is 15.8. The molecule has 2 atom stereocenters. The highest BCUT2D eigenvalue weighted by molar-refractivity contribution is 7.92. The van der Waals surface area contributed by atoms with E-state index in [4.69, 9.17) is 0 Å². The van der Waals surface area contributed by atoms with Crippen LogP contribution in [-0.2, 0) is 51.5 Å². The molecule has 4 aromatic rings. The largest absolute Gasteiger partial charge is 0.480 e. The van der Waals surface area contributed by atoms with Crippen molar-refractivity contribution >= 4 is 90.2 Å². The molecule has 2 aromatic carbocycles. The molecule has 0 bridgehead atoms. The smallest absolute Gasteiger partial charge is 0.416 e. The topological polar surface area (TPSA) is 235 Å². The van der Waals surface area contributed by atoms with E-state index in [-0.39, 0.29) is 52.7 Å². The van der Waals surface area contributed by atoms with E-state index in [9.17, 15) is 72.6 Å². The molecule has 68 heavy (non-hydrogen) atoms. The van der Waals surface area contributed by atoms with Gasteiger partial charge in [0.05, 0.1) is 25.3 Å². The number of hydrogen-bond acceptors (Lipinski definition) is 13. The van der Waals surface area contributed by atoms with E-state index >= 15 is 0 Å². The number of thiophene rings is 2. The molecule has 2 fully saturated rings. The fourth-order valence-corrected chi connectivity index (χ4v) is 11.9. The third-order valence-electron chi connectivity index (χ3n) is 10.2. The Morgan fingerprint density at radius 2 is 1.01 bits per heavy atom. The van der Waals surface area contributed by atoms with Crippen molar-refractivity contribution in [2.45, 2.75) is 58.5 Å². The van der Waals surface area contributed by atoms with Gasteiger partial charge in [-0.1, -0.05) is 24.3 Å². The number of benzene rings is 2. The number of rotatable bonds is 12. The number of carbonyl (C=O) groups is 4. The van der Waals surface area contributed by atoms with Crippen molar-refractivity contribution < 1.29 is 82.0 Å². The van der Waals surface area contributed by atoms with Crippen molar-refractivity contribution in [1.82, 2.24) is 19.7 Å². The zero-order valence-electron chi connectivity index (χ0n) is 35.5. The molecule has 0 radical (unpaired) electrons. The zero-order valence-corrected chi connectivity index (χ0v) is 40.3. The lowest BCUT2D eigenvalue weighted by atomic mass is 9.90. The van der Waals surface area contributed by atoms with E-state index in [1.54, 1.807) is 0 Å². The number of amides is 1.